The van der Waals surface area contributed by atoms with Crippen LogP contribution in [0.25, 0.3) is 0 Å². The Morgan fingerprint density at radius 3 is 2.77 bits per heavy atom. The molecule has 2 N–H and O–H groups in total. The molecule has 0 radical (unpaired) electrons. The van der Waals surface area contributed by atoms with Crippen LogP contribution < -0.4 is 15.4 Å². The molecule has 1 atom stereocenters. The fourth-order valence-corrected chi connectivity index (χ4v) is 3.05. The van der Waals surface area contributed by atoms with Gasteiger partial charge in [-0.15, -0.1) is 24.0 Å². The number of carbonyl (C=O) groups is 1. The van der Waals surface area contributed by atoms with Gasteiger partial charge in [0.15, 0.2) is 5.96 Å². The molecular weight excluding hydrogens is 497 g/mol. The fraction of sp³-hybridized carbons (Fsp3) is 0.619. The summed E-state index contributed by atoms with van der Waals surface area (Å²) in [5.41, 5.74) is 1.11. The number of benzene rings is 1. The number of hydrogen-bond donors (Lipinski definition) is 2. The number of halogens is 1. The largest absolute Gasteiger partial charge is 0.493 e. The summed E-state index contributed by atoms with van der Waals surface area (Å²) in [5.74, 6) is 1.51. The number of amides is 1. The van der Waals surface area contributed by atoms with E-state index in [-0.39, 0.29) is 42.5 Å². The minimum absolute atomic E-state index is 0. The lowest BCUT2D eigenvalue weighted by atomic mass is 10.0. The Labute approximate surface area is 197 Å². The Bertz CT molecular complexity index is 672. The predicted octanol–water partition coefficient (Wildman–Crippen LogP) is 1.72. The van der Waals surface area contributed by atoms with Gasteiger partial charge in [-0.2, -0.15) is 0 Å². The predicted molar refractivity (Wildman–Crippen MR) is 131 cm³/mol. The second-order valence-corrected chi connectivity index (χ2v) is 7.40. The molecule has 2 rings (SSSR count). The standard InChI is InChI=1S/C21H35N5O3.HI/c1-25(2)20(27)16-23-21(22-11-13-26(3)12-7-14-28-4)24-18-10-15-29-19-9-6-5-8-17(18)19;/h5-6,8-9,18H,7,10-16H2,1-4H3,(H2,22,23,24);1H. The zero-order valence-electron chi connectivity index (χ0n) is 18.5. The lowest BCUT2D eigenvalue weighted by Gasteiger charge is -2.28. The van der Waals surface area contributed by atoms with Crippen LogP contribution in [0, 0.1) is 0 Å². The van der Waals surface area contributed by atoms with Crippen molar-refractivity contribution in [3.63, 3.8) is 0 Å². The first-order valence-electron chi connectivity index (χ1n) is 10.2. The maximum Gasteiger partial charge on any atom is 0.243 e. The van der Waals surface area contributed by atoms with Crippen LogP contribution in [0.15, 0.2) is 29.3 Å². The Morgan fingerprint density at radius 2 is 2.03 bits per heavy atom. The number of likely N-dealkylation sites (N-methyl/N-ethyl adjacent to an activating group) is 2. The second-order valence-electron chi connectivity index (χ2n) is 7.40. The number of ether oxygens (including phenoxy) is 2. The summed E-state index contributed by atoms with van der Waals surface area (Å²) in [6, 6.07) is 8.14. The van der Waals surface area contributed by atoms with E-state index < -0.39 is 0 Å². The molecule has 8 nitrogen and oxygen atoms in total. The molecular formula is C21H36IN5O3. The van der Waals surface area contributed by atoms with Gasteiger partial charge in [-0.05, 0) is 19.5 Å². The van der Waals surface area contributed by atoms with Gasteiger partial charge in [-0.3, -0.25) is 4.79 Å². The summed E-state index contributed by atoms with van der Waals surface area (Å²) < 4.78 is 10.9. The van der Waals surface area contributed by atoms with Crippen molar-refractivity contribution < 1.29 is 14.3 Å². The number of guanidine groups is 1. The highest BCUT2D eigenvalue weighted by Crippen LogP contribution is 2.31. The van der Waals surface area contributed by atoms with Crippen molar-refractivity contribution >= 4 is 35.8 Å². The second kappa shape index (κ2) is 14.4. The number of nitrogens with one attached hydrogen (secondary N) is 2. The average molecular weight is 533 g/mol. The monoisotopic (exact) mass is 533 g/mol. The van der Waals surface area contributed by atoms with E-state index in [0.717, 1.165) is 50.4 Å². The number of para-hydroxylation sites is 1. The van der Waals surface area contributed by atoms with Gasteiger partial charge in [0.25, 0.3) is 0 Å². The average Bonchev–Trinajstić information content (AvgIpc) is 2.72. The topological polar surface area (TPSA) is 78.4 Å². The normalized spacial score (nSPS) is 15.6. The third-order valence-electron chi connectivity index (χ3n) is 4.81. The maximum absolute atomic E-state index is 12.0. The smallest absolute Gasteiger partial charge is 0.243 e. The molecule has 0 spiro atoms. The van der Waals surface area contributed by atoms with Crippen LogP contribution in [0.1, 0.15) is 24.4 Å². The molecule has 0 saturated heterocycles. The number of hydrogen-bond acceptors (Lipinski definition) is 5. The van der Waals surface area contributed by atoms with Crippen molar-refractivity contribution in [1.82, 2.24) is 20.4 Å². The minimum atomic E-state index is -0.0323. The maximum atomic E-state index is 12.0. The Kier molecular flexibility index (Phi) is 12.7. The summed E-state index contributed by atoms with van der Waals surface area (Å²) >= 11 is 0. The molecule has 30 heavy (non-hydrogen) atoms. The van der Waals surface area contributed by atoms with E-state index in [1.807, 2.05) is 18.2 Å². The van der Waals surface area contributed by atoms with Crippen LogP contribution in [0.2, 0.25) is 0 Å². The third-order valence-corrected chi connectivity index (χ3v) is 4.81. The zero-order valence-corrected chi connectivity index (χ0v) is 20.8. The minimum Gasteiger partial charge on any atom is -0.493 e. The van der Waals surface area contributed by atoms with Crippen LogP contribution in [0.3, 0.4) is 0 Å². The number of carbonyl (C=O) groups excluding carboxylic acids is 1. The van der Waals surface area contributed by atoms with E-state index in [9.17, 15) is 4.79 Å². The van der Waals surface area contributed by atoms with Crippen molar-refractivity contribution in [2.45, 2.75) is 18.9 Å². The lowest BCUT2D eigenvalue weighted by Crippen LogP contribution is -2.44. The summed E-state index contributed by atoms with van der Waals surface area (Å²) in [6.07, 6.45) is 1.85. The highest BCUT2D eigenvalue weighted by molar-refractivity contribution is 14.0. The highest BCUT2D eigenvalue weighted by Gasteiger charge is 2.22. The number of fused-ring (bicyclic) bond motifs is 1. The van der Waals surface area contributed by atoms with Gasteiger partial charge in [-0.1, -0.05) is 18.2 Å². The van der Waals surface area contributed by atoms with Gasteiger partial charge < -0.3 is 29.9 Å². The van der Waals surface area contributed by atoms with E-state index in [0.29, 0.717) is 12.6 Å². The van der Waals surface area contributed by atoms with Crippen LogP contribution in [-0.2, 0) is 9.53 Å². The molecule has 1 aliphatic rings. The van der Waals surface area contributed by atoms with Crippen LogP contribution >= 0.6 is 24.0 Å². The van der Waals surface area contributed by atoms with Gasteiger partial charge in [0, 0.05) is 59.4 Å². The third kappa shape index (κ3) is 9.05. The lowest BCUT2D eigenvalue weighted by molar-refractivity contribution is -0.127. The SMILES string of the molecule is COCCCN(C)CCNC(=NCC(=O)N(C)C)NC1CCOc2ccccc21.I. The van der Waals surface area contributed by atoms with Gasteiger partial charge in [0.2, 0.25) is 5.91 Å². The molecule has 0 bridgehead atoms. The molecule has 0 aliphatic carbocycles. The van der Waals surface area contributed by atoms with Crippen molar-refractivity contribution in [3.8, 4) is 5.75 Å². The van der Waals surface area contributed by atoms with E-state index >= 15 is 0 Å². The summed E-state index contributed by atoms with van der Waals surface area (Å²) in [5, 5.41) is 6.85. The first kappa shape index (κ1) is 26.4. The Hall–Kier alpha value is -1.59. The number of aliphatic imine (C=N–C) groups is 1. The molecule has 1 unspecified atom stereocenters. The Morgan fingerprint density at radius 1 is 1.27 bits per heavy atom. The molecule has 9 heteroatoms. The van der Waals surface area contributed by atoms with E-state index in [2.05, 4.69) is 33.6 Å². The first-order valence-corrected chi connectivity index (χ1v) is 10.2. The molecule has 1 amide bonds. The van der Waals surface area contributed by atoms with Crippen LogP contribution in [-0.4, -0.2) is 89.3 Å². The zero-order chi connectivity index (χ0) is 21.1. The van der Waals surface area contributed by atoms with Crippen molar-refractivity contribution in [2.75, 3.05) is 67.6 Å². The molecule has 1 heterocycles. The van der Waals surface area contributed by atoms with Crippen molar-refractivity contribution in [1.29, 1.82) is 0 Å². The van der Waals surface area contributed by atoms with E-state index in [1.165, 1.54) is 0 Å². The highest BCUT2D eigenvalue weighted by atomic mass is 127. The fourth-order valence-electron chi connectivity index (χ4n) is 3.05. The molecule has 1 aliphatic heterocycles. The molecule has 1 aromatic carbocycles. The summed E-state index contributed by atoms with van der Waals surface area (Å²) in [7, 11) is 7.29. The van der Waals surface area contributed by atoms with Crippen LogP contribution in [0.5, 0.6) is 5.75 Å². The quantitative estimate of drug-likeness (QED) is 0.207. The van der Waals surface area contributed by atoms with Crippen molar-refractivity contribution in [2.24, 2.45) is 4.99 Å². The van der Waals surface area contributed by atoms with Gasteiger partial charge >= 0.3 is 0 Å². The van der Waals surface area contributed by atoms with E-state index in [4.69, 9.17) is 9.47 Å². The Balaban J connectivity index is 0.00000450. The van der Waals surface area contributed by atoms with Gasteiger partial charge in [0.05, 0.1) is 12.6 Å². The summed E-state index contributed by atoms with van der Waals surface area (Å²) in [6.45, 7) is 4.11. The molecule has 0 fully saturated rings. The molecule has 0 aromatic heterocycles. The number of rotatable bonds is 10. The van der Waals surface area contributed by atoms with Gasteiger partial charge in [-0.25, -0.2) is 4.99 Å². The first-order chi connectivity index (χ1) is 14.0. The molecule has 1 aromatic rings. The van der Waals surface area contributed by atoms with Gasteiger partial charge in [0.1, 0.15) is 12.3 Å². The number of methoxy groups -OCH3 is 1. The summed E-state index contributed by atoms with van der Waals surface area (Å²) in [4.78, 5) is 20.3. The van der Waals surface area contributed by atoms with Crippen LogP contribution in [0.4, 0.5) is 0 Å². The molecule has 0 saturated carbocycles. The number of nitrogens with zero attached hydrogens (tertiary/aromatic N) is 3. The van der Waals surface area contributed by atoms with Crippen molar-refractivity contribution in [3.05, 3.63) is 29.8 Å². The van der Waals surface area contributed by atoms with E-state index in [1.54, 1.807) is 26.1 Å². The molecule has 170 valence electrons.